The van der Waals surface area contributed by atoms with Crippen molar-refractivity contribution in [3.05, 3.63) is 59.1 Å². The summed E-state index contributed by atoms with van der Waals surface area (Å²) in [6.45, 7) is 5.82. The van der Waals surface area contributed by atoms with Crippen LogP contribution in [0, 0.1) is 0 Å². The summed E-state index contributed by atoms with van der Waals surface area (Å²) < 4.78 is 32.7. The van der Waals surface area contributed by atoms with Crippen molar-refractivity contribution in [2.24, 2.45) is 0 Å². The van der Waals surface area contributed by atoms with E-state index in [1.165, 1.54) is 22.0 Å². The number of halogens is 1. The van der Waals surface area contributed by atoms with Gasteiger partial charge in [0.05, 0.1) is 0 Å². The number of sulfonamides is 1. The Labute approximate surface area is 184 Å². The van der Waals surface area contributed by atoms with E-state index < -0.39 is 10.0 Å². The minimum atomic E-state index is -3.77. The smallest absolute Gasteiger partial charge is 0.258 e. The lowest BCUT2D eigenvalue weighted by atomic mass is 10.1. The maximum absolute atomic E-state index is 12.9. The van der Waals surface area contributed by atoms with Gasteiger partial charge in [-0.05, 0) is 43.5 Å². The maximum Gasteiger partial charge on any atom is 0.258 e. The summed E-state index contributed by atoms with van der Waals surface area (Å²) in [5.74, 6) is -0.199. The molecule has 1 atom stereocenters. The molecular weight excluding hydrogens is 424 g/mol. The summed E-state index contributed by atoms with van der Waals surface area (Å²) in [5.41, 5.74) is 1.21. The maximum atomic E-state index is 12.9. The molecule has 0 fully saturated rings. The zero-order chi connectivity index (χ0) is 22.1. The van der Waals surface area contributed by atoms with E-state index >= 15 is 0 Å². The van der Waals surface area contributed by atoms with Crippen LogP contribution in [-0.2, 0) is 21.2 Å². The van der Waals surface area contributed by atoms with E-state index in [4.69, 9.17) is 16.3 Å². The van der Waals surface area contributed by atoms with Crippen LogP contribution >= 0.6 is 11.6 Å². The third-order valence-corrected chi connectivity index (χ3v) is 7.01. The molecular formula is C22H29ClN2O4S. The Kier molecular flexibility index (Phi) is 9.14. The number of nitrogens with zero attached hydrogens (tertiary/aromatic N) is 1. The number of rotatable bonds is 11. The van der Waals surface area contributed by atoms with Crippen LogP contribution in [0.5, 0.6) is 5.75 Å². The number of carbonyl (C=O) groups is 1. The van der Waals surface area contributed by atoms with E-state index in [0.29, 0.717) is 13.1 Å². The van der Waals surface area contributed by atoms with Crippen molar-refractivity contribution in [2.75, 3.05) is 19.7 Å². The van der Waals surface area contributed by atoms with Gasteiger partial charge in [0.15, 0.2) is 6.61 Å². The lowest BCUT2D eigenvalue weighted by molar-refractivity contribution is -0.123. The fourth-order valence-corrected chi connectivity index (χ4v) is 4.92. The van der Waals surface area contributed by atoms with E-state index in [1.54, 1.807) is 19.9 Å². The Bertz CT molecular complexity index is 931. The molecule has 2 aromatic rings. The molecule has 164 valence electrons. The molecule has 0 aliphatic carbocycles. The molecule has 0 radical (unpaired) electrons. The standard InChI is InChI=1S/C22H29ClN2O4S/c1-4-25(5-2)30(27,28)21-15-19(23)13-14-20(21)29-16-22(26)24-17(3)11-12-18-9-7-6-8-10-18/h6-10,13-15,17H,4-5,11-12,16H2,1-3H3,(H,24,26)/t17-/m0/s1. The predicted molar refractivity (Wildman–Crippen MR) is 119 cm³/mol. The monoisotopic (exact) mass is 452 g/mol. The van der Waals surface area contributed by atoms with Gasteiger partial charge in [-0.3, -0.25) is 4.79 Å². The summed E-state index contributed by atoms with van der Waals surface area (Å²) in [7, 11) is -3.77. The van der Waals surface area contributed by atoms with Gasteiger partial charge in [0, 0.05) is 24.2 Å². The second-order valence-electron chi connectivity index (χ2n) is 6.96. The van der Waals surface area contributed by atoms with E-state index in [9.17, 15) is 13.2 Å². The van der Waals surface area contributed by atoms with Crippen LogP contribution in [0.25, 0.3) is 0 Å². The molecule has 0 aromatic heterocycles. The molecule has 30 heavy (non-hydrogen) atoms. The molecule has 0 spiro atoms. The molecule has 0 bridgehead atoms. The Hall–Kier alpha value is -2.09. The summed E-state index contributed by atoms with van der Waals surface area (Å²) in [5, 5.41) is 3.17. The van der Waals surface area contributed by atoms with Crippen LogP contribution in [0.3, 0.4) is 0 Å². The number of ether oxygens (including phenoxy) is 1. The molecule has 1 amide bonds. The van der Waals surface area contributed by atoms with Gasteiger partial charge in [-0.25, -0.2) is 8.42 Å². The first-order valence-electron chi connectivity index (χ1n) is 10.0. The summed E-state index contributed by atoms with van der Waals surface area (Å²) in [4.78, 5) is 12.3. The van der Waals surface area contributed by atoms with Gasteiger partial charge in [-0.1, -0.05) is 55.8 Å². The van der Waals surface area contributed by atoms with Crippen LogP contribution in [0.2, 0.25) is 5.02 Å². The van der Waals surface area contributed by atoms with E-state index in [2.05, 4.69) is 17.4 Å². The van der Waals surface area contributed by atoms with E-state index in [1.807, 2.05) is 25.1 Å². The molecule has 8 heteroatoms. The van der Waals surface area contributed by atoms with Gasteiger partial charge in [-0.15, -0.1) is 0 Å². The quantitative estimate of drug-likeness (QED) is 0.561. The second-order valence-corrected chi connectivity index (χ2v) is 9.30. The lowest BCUT2D eigenvalue weighted by Crippen LogP contribution is -2.36. The third-order valence-electron chi connectivity index (χ3n) is 4.70. The fourth-order valence-electron chi connectivity index (χ4n) is 3.07. The van der Waals surface area contributed by atoms with Gasteiger partial charge in [0.1, 0.15) is 10.6 Å². The van der Waals surface area contributed by atoms with Crippen molar-refractivity contribution in [2.45, 2.75) is 44.6 Å². The highest BCUT2D eigenvalue weighted by Gasteiger charge is 2.26. The van der Waals surface area contributed by atoms with Crippen molar-refractivity contribution in [1.29, 1.82) is 0 Å². The average molecular weight is 453 g/mol. The topological polar surface area (TPSA) is 75.7 Å². The molecule has 0 aliphatic rings. The Morgan fingerprint density at radius 2 is 1.80 bits per heavy atom. The SMILES string of the molecule is CCN(CC)S(=O)(=O)c1cc(Cl)ccc1OCC(=O)N[C@@H](C)CCc1ccccc1. The summed E-state index contributed by atoms with van der Waals surface area (Å²) >= 11 is 6.01. The average Bonchev–Trinajstić information content (AvgIpc) is 2.72. The van der Waals surface area contributed by atoms with Crippen molar-refractivity contribution in [3.8, 4) is 5.75 Å². The van der Waals surface area contributed by atoms with E-state index in [-0.39, 0.29) is 34.2 Å². The molecule has 0 aliphatic heterocycles. The third kappa shape index (κ3) is 6.72. The number of hydrogen-bond acceptors (Lipinski definition) is 4. The highest BCUT2D eigenvalue weighted by atomic mass is 35.5. The first kappa shape index (κ1) is 24.2. The minimum Gasteiger partial charge on any atom is -0.482 e. The van der Waals surface area contributed by atoms with Gasteiger partial charge in [-0.2, -0.15) is 4.31 Å². The zero-order valence-electron chi connectivity index (χ0n) is 17.6. The number of benzene rings is 2. The fraction of sp³-hybridized carbons (Fsp3) is 0.409. The van der Waals surface area contributed by atoms with Crippen molar-refractivity contribution >= 4 is 27.5 Å². The molecule has 0 unspecified atom stereocenters. The molecule has 2 rings (SSSR count). The molecule has 1 N–H and O–H groups in total. The molecule has 2 aromatic carbocycles. The number of carbonyl (C=O) groups excluding carboxylic acids is 1. The highest BCUT2D eigenvalue weighted by Crippen LogP contribution is 2.29. The van der Waals surface area contributed by atoms with Crippen molar-refractivity contribution in [3.63, 3.8) is 0 Å². The van der Waals surface area contributed by atoms with Gasteiger partial charge in [0.25, 0.3) is 5.91 Å². The molecule has 0 saturated heterocycles. The Balaban J connectivity index is 1.99. The largest absolute Gasteiger partial charge is 0.482 e. The van der Waals surface area contributed by atoms with Crippen LogP contribution in [0.1, 0.15) is 32.8 Å². The van der Waals surface area contributed by atoms with Crippen LogP contribution in [-0.4, -0.2) is 44.4 Å². The summed E-state index contributed by atoms with van der Waals surface area (Å²) in [6, 6.07) is 14.4. The molecule has 6 nitrogen and oxygen atoms in total. The number of nitrogens with one attached hydrogen (secondary N) is 1. The molecule has 0 saturated carbocycles. The van der Waals surface area contributed by atoms with Crippen LogP contribution < -0.4 is 10.1 Å². The number of hydrogen-bond donors (Lipinski definition) is 1. The first-order chi connectivity index (χ1) is 14.3. The number of aryl methyl sites for hydroxylation is 1. The van der Waals surface area contributed by atoms with Gasteiger partial charge < -0.3 is 10.1 Å². The Morgan fingerprint density at radius 1 is 1.13 bits per heavy atom. The first-order valence-corrected chi connectivity index (χ1v) is 11.9. The van der Waals surface area contributed by atoms with Crippen LogP contribution in [0.4, 0.5) is 0 Å². The number of amides is 1. The normalized spacial score (nSPS) is 12.6. The van der Waals surface area contributed by atoms with Crippen molar-refractivity contribution < 1.29 is 17.9 Å². The Morgan fingerprint density at radius 3 is 2.43 bits per heavy atom. The van der Waals surface area contributed by atoms with Crippen molar-refractivity contribution in [1.82, 2.24) is 9.62 Å². The molecule has 0 heterocycles. The van der Waals surface area contributed by atoms with Gasteiger partial charge >= 0.3 is 0 Å². The predicted octanol–water partition coefficient (Wildman–Crippen LogP) is 3.89. The van der Waals surface area contributed by atoms with Gasteiger partial charge in [0.2, 0.25) is 10.0 Å². The second kappa shape index (κ2) is 11.3. The van der Waals surface area contributed by atoms with E-state index in [0.717, 1.165) is 12.8 Å². The summed E-state index contributed by atoms with van der Waals surface area (Å²) in [6.07, 6.45) is 1.64. The highest BCUT2D eigenvalue weighted by molar-refractivity contribution is 7.89. The lowest BCUT2D eigenvalue weighted by Gasteiger charge is -2.21. The zero-order valence-corrected chi connectivity index (χ0v) is 19.2. The minimum absolute atomic E-state index is 0.0367. The van der Waals surface area contributed by atoms with Crippen LogP contribution in [0.15, 0.2) is 53.4 Å².